The summed E-state index contributed by atoms with van der Waals surface area (Å²) in [5.41, 5.74) is 3.53. The van der Waals surface area contributed by atoms with Crippen molar-refractivity contribution >= 4 is 34.6 Å². The van der Waals surface area contributed by atoms with Crippen LogP contribution in [0.2, 0.25) is 5.02 Å². The van der Waals surface area contributed by atoms with Crippen LogP contribution in [0.1, 0.15) is 18.1 Å². The second-order valence-electron chi connectivity index (χ2n) is 4.81. The average Bonchev–Trinajstić information content (AvgIpc) is 2.48. The van der Waals surface area contributed by atoms with Crippen LogP contribution in [-0.2, 0) is 12.8 Å². The summed E-state index contributed by atoms with van der Waals surface area (Å²) in [6, 6.07) is 16.2. The first-order chi connectivity index (χ1) is 10.2. The van der Waals surface area contributed by atoms with Crippen LogP contribution in [0, 0.1) is 0 Å². The fourth-order valence-electron chi connectivity index (χ4n) is 2.01. The van der Waals surface area contributed by atoms with Gasteiger partial charge in [0.05, 0.1) is 0 Å². The fourth-order valence-corrected chi connectivity index (χ4v) is 2.44. The van der Waals surface area contributed by atoms with Crippen molar-refractivity contribution in [2.45, 2.75) is 19.8 Å². The lowest BCUT2D eigenvalue weighted by Gasteiger charge is -2.11. The van der Waals surface area contributed by atoms with Crippen LogP contribution >= 0.6 is 23.8 Å². The molecule has 0 aliphatic carbocycles. The smallest absolute Gasteiger partial charge is 0.170 e. The minimum atomic E-state index is 0.640. The predicted octanol–water partition coefficient (Wildman–Crippen LogP) is 4.43. The zero-order valence-corrected chi connectivity index (χ0v) is 13.6. The normalized spacial score (nSPS) is 10.2. The van der Waals surface area contributed by atoms with Crippen molar-refractivity contribution in [1.29, 1.82) is 0 Å². The Balaban J connectivity index is 1.76. The molecule has 0 bridgehead atoms. The maximum atomic E-state index is 5.96. The summed E-state index contributed by atoms with van der Waals surface area (Å²) < 4.78 is 0. The monoisotopic (exact) mass is 318 g/mol. The lowest BCUT2D eigenvalue weighted by Crippen LogP contribution is -2.30. The van der Waals surface area contributed by atoms with E-state index in [-0.39, 0.29) is 0 Å². The second kappa shape index (κ2) is 8.01. The first-order valence-corrected chi connectivity index (χ1v) is 7.84. The van der Waals surface area contributed by atoms with Gasteiger partial charge in [0.25, 0.3) is 0 Å². The molecule has 0 radical (unpaired) electrons. The highest BCUT2D eigenvalue weighted by Crippen LogP contribution is 2.11. The third-order valence-electron chi connectivity index (χ3n) is 3.21. The van der Waals surface area contributed by atoms with Gasteiger partial charge >= 0.3 is 0 Å². The highest BCUT2D eigenvalue weighted by Gasteiger charge is 1.99. The third-order valence-corrected chi connectivity index (χ3v) is 3.69. The van der Waals surface area contributed by atoms with Crippen molar-refractivity contribution in [3.05, 3.63) is 64.7 Å². The van der Waals surface area contributed by atoms with Gasteiger partial charge in [0, 0.05) is 17.3 Å². The van der Waals surface area contributed by atoms with E-state index in [1.165, 1.54) is 11.1 Å². The summed E-state index contributed by atoms with van der Waals surface area (Å²) in [5.74, 6) is 0. The van der Waals surface area contributed by atoms with E-state index in [1.54, 1.807) is 0 Å². The van der Waals surface area contributed by atoms with Crippen LogP contribution < -0.4 is 10.6 Å². The first kappa shape index (κ1) is 15.8. The summed E-state index contributed by atoms with van der Waals surface area (Å²) in [5, 5.41) is 7.80. The number of hydrogen-bond acceptors (Lipinski definition) is 1. The van der Waals surface area contributed by atoms with Gasteiger partial charge in [-0.15, -0.1) is 0 Å². The zero-order chi connectivity index (χ0) is 15.1. The Kier molecular flexibility index (Phi) is 6.03. The maximum absolute atomic E-state index is 5.96. The summed E-state index contributed by atoms with van der Waals surface area (Å²) in [6.45, 7) is 2.92. The van der Waals surface area contributed by atoms with Crippen LogP contribution in [0.3, 0.4) is 0 Å². The Morgan fingerprint density at radius 2 is 1.86 bits per heavy atom. The fraction of sp³-hybridized carbons (Fsp3) is 0.235. The molecule has 0 amide bonds. The number of benzene rings is 2. The molecule has 0 spiro atoms. The first-order valence-electron chi connectivity index (χ1n) is 7.05. The number of nitrogens with one attached hydrogen (secondary N) is 2. The predicted molar refractivity (Wildman–Crippen MR) is 95.2 cm³/mol. The van der Waals surface area contributed by atoms with Crippen LogP contribution in [0.15, 0.2) is 48.5 Å². The Labute approximate surface area is 136 Å². The second-order valence-corrected chi connectivity index (χ2v) is 5.66. The molecular weight excluding hydrogens is 300 g/mol. The highest BCUT2D eigenvalue weighted by molar-refractivity contribution is 7.80. The van der Waals surface area contributed by atoms with Crippen molar-refractivity contribution in [2.75, 3.05) is 11.9 Å². The Hall–Kier alpha value is -1.58. The quantitative estimate of drug-likeness (QED) is 0.797. The minimum absolute atomic E-state index is 0.640. The van der Waals surface area contributed by atoms with E-state index in [0.717, 1.165) is 30.1 Å². The van der Waals surface area contributed by atoms with Crippen molar-refractivity contribution in [3.63, 3.8) is 0 Å². The van der Waals surface area contributed by atoms with Crippen LogP contribution in [0.5, 0.6) is 0 Å². The van der Waals surface area contributed by atoms with Gasteiger partial charge in [0.15, 0.2) is 5.11 Å². The van der Waals surface area contributed by atoms with Crippen molar-refractivity contribution in [2.24, 2.45) is 0 Å². The maximum Gasteiger partial charge on any atom is 0.170 e. The average molecular weight is 319 g/mol. The van der Waals surface area contributed by atoms with E-state index in [9.17, 15) is 0 Å². The van der Waals surface area contributed by atoms with Crippen molar-refractivity contribution in [3.8, 4) is 0 Å². The number of anilines is 1. The van der Waals surface area contributed by atoms with E-state index in [0.29, 0.717) is 5.11 Å². The SMILES string of the molecule is CCc1ccc(NC(=S)NCCc2cccc(Cl)c2)cc1. The molecule has 2 aromatic rings. The lowest BCUT2D eigenvalue weighted by molar-refractivity contribution is 0.873. The molecule has 2 N–H and O–H groups in total. The summed E-state index contributed by atoms with van der Waals surface area (Å²) >= 11 is 11.2. The number of halogens is 1. The van der Waals surface area contributed by atoms with Gasteiger partial charge in [0.1, 0.15) is 0 Å². The topological polar surface area (TPSA) is 24.1 Å². The van der Waals surface area contributed by atoms with Gasteiger partial charge in [-0.1, -0.05) is 42.8 Å². The van der Waals surface area contributed by atoms with E-state index in [2.05, 4.69) is 35.8 Å². The summed E-state index contributed by atoms with van der Waals surface area (Å²) in [7, 11) is 0. The number of hydrogen-bond donors (Lipinski definition) is 2. The largest absolute Gasteiger partial charge is 0.362 e. The molecule has 21 heavy (non-hydrogen) atoms. The van der Waals surface area contributed by atoms with Gasteiger partial charge in [0.2, 0.25) is 0 Å². The van der Waals surface area contributed by atoms with E-state index in [1.807, 2.05) is 30.3 Å². The standard InChI is InChI=1S/C17H19ClN2S/c1-2-13-6-8-16(9-7-13)20-17(21)19-11-10-14-4-3-5-15(18)12-14/h3-9,12H,2,10-11H2,1H3,(H2,19,20,21). The van der Waals surface area contributed by atoms with Gasteiger partial charge in [-0.2, -0.15) is 0 Å². The molecule has 0 unspecified atom stereocenters. The molecule has 110 valence electrons. The molecule has 0 aliphatic rings. The molecule has 2 nitrogen and oxygen atoms in total. The molecular formula is C17H19ClN2S. The third kappa shape index (κ3) is 5.37. The molecule has 0 aliphatic heterocycles. The van der Waals surface area contributed by atoms with Gasteiger partial charge < -0.3 is 10.6 Å². The summed E-state index contributed by atoms with van der Waals surface area (Å²) in [6.07, 6.45) is 1.93. The molecule has 2 aromatic carbocycles. The number of aryl methyl sites for hydroxylation is 1. The van der Waals surface area contributed by atoms with E-state index in [4.69, 9.17) is 23.8 Å². The van der Waals surface area contributed by atoms with Crippen molar-refractivity contribution < 1.29 is 0 Å². The number of rotatable bonds is 5. The molecule has 0 atom stereocenters. The molecule has 0 aromatic heterocycles. The van der Waals surface area contributed by atoms with E-state index >= 15 is 0 Å². The summed E-state index contributed by atoms with van der Waals surface area (Å²) in [4.78, 5) is 0. The lowest BCUT2D eigenvalue weighted by atomic mass is 10.1. The zero-order valence-electron chi connectivity index (χ0n) is 12.0. The molecule has 0 heterocycles. The minimum Gasteiger partial charge on any atom is -0.362 e. The van der Waals surface area contributed by atoms with Crippen LogP contribution in [0.4, 0.5) is 5.69 Å². The molecule has 0 saturated carbocycles. The highest BCUT2D eigenvalue weighted by atomic mass is 35.5. The Morgan fingerprint density at radius 1 is 1.10 bits per heavy atom. The molecule has 0 saturated heterocycles. The molecule has 0 fully saturated rings. The molecule has 4 heteroatoms. The van der Waals surface area contributed by atoms with Crippen molar-refractivity contribution in [1.82, 2.24) is 5.32 Å². The van der Waals surface area contributed by atoms with Crippen LogP contribution in [-0.4, -0.2) is 11.7 Å². The molecule has 2 rings (SSSR count). The van der Waals surface area contributed by atoms with Gasteiger partial charge in [-0.05, 0) is 60.5 Å². The van der Waals surface area contributed by atoms with Crippen LogP contribution in [0.25, 0.3) is 0 Å². The Bertz CT molecular complexity index is 596. The van der Waals surface area contributed by atoms with E-state index < -0.39 is 0 Å². The van der Waals surface area contributed by atoms with Gasteiger partial charge in [-0.25, -0.2) is 0 Å². The number of thiocarbonyl (C=S) groups is 1. The van der Waals surface area contributed by atoms with Gasteiger partial charge in [-0.3, -0.25) is 0 Å². The Morgan fingerprint density at radius 3 is 2.52 bits per heavy atom.